The molecule has 1 fully saturated rings. The number of para-hydroxylation sites is 1. The van der Waals surface area contributed by atoms with E-state index < -0.39 is 10.0 Å². The average Bonchev–Trinajstić information content (AvgIpc) is 3.18. The van der Waals surface area contributed by atoms with Gasteiger partial charge in [-0.1, -0.05) is 31.2 Å². The second-order valence-corrected chi connectivity index (χ2v) is 10.9. The molecule has 0 bridgehead atoms. The van der Waals surface area contributed by atoms with Crippen LogP contribution < -0.4 is 10.3 Å². The summed E-state index contributed by atoms with van der Waals surface area (Å²) < 4.78 is 30.3. The first-order valence-corrected chi connectivity index (χ1v) is 12.8. The van der Waals surface area contributed by atoms with Gasteiger partial charge in [-0.15, -0.1) is 0 Å². The molecule has 32 heavy (non-hydrogen) atoms. The zero-order valence-electron chi connectivity index (χ0n) is 18.1. The molecule has 2 aromatic carbocycles. The first kappa shape index (κ1) is 20.9. The highest BCUT2D eigenvalue weighted by Gasteiger charge is 2.29. The number of allylic oxidation sites excluding steroid dienone is 1. The largest absolute Gasteiger partial charge is 0.325 e. The van der Waals surface area contributed by atoms with Crippen molar-refractivity contribution in [2.75, 3.05) is 4.72 Å². The summed E-state index contributed by atoms with van der Waals surface area (Å²) in [5, 5.41) is 0.330. The van der Waals surface area contributed by atoms with E-state index in [2.05, 4.69) is 21.2 Å². The molecule has 1 aliphatic carbocycles. The Morgan fingerprint density at radius 1 is 1.03 bits per heavy atom. The SMILES string of the molecule is CC1CCC(S(=O)(=O)Nc2ccc(/C=C3\CCn4c3nc(=O)c3ccccc34)cc2)CC1. The summed E-state index contributed by atoms with van der Waals surface area (Å²) in [6, 6.07) is 15.0. The maximum atomic E-state index is 12.7. The van der Waals surface area contributed by atoms with Gasteiger partial charge in [-0.3, -0.25) is 9.52 Å². The highest BCUT2D eigenvalue weighted by atomic mass is 32.2. The van der Waals surface area contributed by atoms with Gasteiger partial charge in [-0.05, 0) is 79.5 Å². The molecule has 1 aliphatic heterocycles. The molecular formula is C25H27N3O3S. The monoisotopic (exact) mass is 449 g/mol. The molecule has 1 aromatic heterocycles. The number of sulfonamides is 1. The highest BCUT2D eigenvalue weighted by Crippen LogP contribution is 2.31. The number of nitrogens with one attached hydrogen (secondary N) is 1. The minimum atomic E-state index is -3.37. The van der Waals surface area contributed by atoms with Gasteiger partial charge in [-0.2, -0.15) is 4.98 Å². The Bertz CT molecular complexity index is 1350. The molecule has 0 saturated heterocycles. The number of anilines is 1. The number of fused-ring (bicyclic) bond motifs is 3. The van der Waals surface area contributed by atoms with Gasteiger partial charge in [0, 0.05) is 12.2 Å². The predicted molar refractivity (Wildman–Crippen MR) is 129 cm³/mol. The maximum absolute atomic E-state index is 12.7. The van der Waals surface area contributed by atoms with Crippen molar-refractivity contribution in [2.24, 2.45) is 5.92 Å². The minimum Gasteiger partial charge on any atom is -0.325 e. The fourth-order valence-corrected chi connectivity index (χ4v) is 6.33. The number of rotatable bonds is 4. The van der Waals surface area contributed by atoms with Crippen molar-refractivity contribution in [3.63, 3.8) is 0 Å². The molecule has 2 aliphatic rings. The van der Waals surface area contributed by atoms with Gasteiger partial charge >= 0.3 is 0 Å². The molecule has 0 radical (unpaired) electrons. The molecular weight excluding hydrogens is 422 g/mol. The van der Waals surface area contributed by atoms with Gasteiger partial charge in [0.1, 0.15) is 5.82 Å². The highest BCUT2D eigenvalue weighted by molar-refractivity contribution is 7.93. The Hall–Kier alpha value is -2.93. The van der Waals surface area contributed by atoms with E-state index in [1.54, 1.807) is 12.1 Å². The van der Waals surface area contributed by atoms with E-state index in [0.717, 1.165) is 55.3 Å². The van der Waals surface area contributed by atoms with Gasteiger partial charge < -0.3 is 4.57 Å². The van der Waals surface area contributed by atoms with E-state index in [4.69, 9.17) is 0 Å². The number of aromatic nitrogens is 2. The fraction of sp³-hybridized carbons (Fsp3) is 0.360. The smallest absolute Gasteiger partial charge is 0.281 e. The minimum absolute atomic E-state index is 0.207. The molecule has 1 N–H and O–H groups in total. The van der Waals surface area contributed by atoms with Crippen LogP contribution in [0.3, 0.4) is 0 Å². The van der Waals surface area contributed by atoms with Crippen LogP contribution in [0.25, 0.3) is 22.6 Å². The van der Waals surface area contributed by atoms with Crippen molar-refractivity contribution in [3.05, 3.63) is 70.3 Å². The van der Waals surface area contributed by atoms with Crippen LogP contribution in [0.4, 0.5) is 5.69 Å². The van der Waals surface area contributed by atoms with Crippen LogP contribution in [0.15, 0.2) is 53.3 Å². The van der Waals surface area contributed by atoms with Gasteiger partial charge in [0.15, 0.2) is 0 Å². The quantitative estimate of drug-likeness (QED) is 0.628. The summed E-state index contributed by atoms with van der Waals surface area (Å²) in [7, 11) is -3.37. The second-order valence-electron chi connectivity index (χ2n) is 8.98. The molecule has 166 valence electrons. The maximum Gasteiger partial charge on any atom is 0.281 e. The van der Waals surface area contributed by atoms with Gasteiger partial charge in [0.05, 0.1) is 16.2 Å². The van der Waals surface area contributed by atoms with Crippen LogP contribution in [-0.2, 0) is 16.6 Å². The van der Waals surface area contributed by atoms with Crippen molar-refractivity contribution in [1.82, 2.24) is 9.55 Å². The first-order valence-electron chi connectivity index (χ1n) is 11.2. The Kier molecular flexibility index (Phi) is 5.37. The van der Waals surface area contributed by atoms with Crippen LogP contribution in [0.1, 0.15) is 50.4 Å². The summed E-state index contributed by atoms with van der Waals surface area (Å²) in [6.07, 6.45) is 6.20. The lowest BCUT2D eigenvalue weighted by Gasteiger charge is -2.26. The Morgan fingerprint density at radius 2 is 1.75 bits per heavy atom. The Balaban J connectivity index is 1.37. The summed E-state index contributed by atoms with van der Waals surface area (Å²) in [6.45, 7) is 2.97. The van der Waals surface area contributed by atoms with Gasteiger partial charge in [0.2, 0.25) is 10.0 Å². The number of aryl methyl sites for hydroxylation is 1. The summed E-state index contributed by atoms with van der Waals surface area (Å²) in [4.78, 5) is 16.8. The third-order valence-electron chi connectivity index (χ3n) is 6.69. The molecule has 5 rings (SSSR count). The second kappa shape index (κ2) is 8.20. The molecule has 0 amide bonds. The molecule has 3 aromatic rings. The Morgan fingerprint density at radius 3 is 2.50 bits per heavy atom. The number of hydrogen-bond donors (Lipinski definition) is 1. The summed E-state index contributed by atoms with van der Waals surface area (Å²) in [5.74, 6) is 1.32. The van der Waals surface area contributed by atoms with Crippen molar-refractivity contribution >= 4 is 38.3 Å². The molecule has 6 nitrogen and oxygen atoms in total. The van der Waals surface area contributed by atoms with Crippen LogP contribution >= 0.6 is 0 Å². The molecule has 1 saturated carbocycles. The number of nitrogens with zero attached hydrogens (tertiary/aromatic N) is 2. The van der Waals surface area contributed by atoms with E-state index in [1.165, 1.54) is 0 Å². The van der Waals surface area contributed by atoms with Crippen LogP contribution in [0, 0.1) is 5.92 Å². The van der Waals surface area contributed by atoms with E-state index in [0.29, 0.717) is 22.8 Å². The van der Waals surface area contributed by atoms with Gasteiger partial charge in [-0.25, -0.2) is 8.42 Å². The molecule has 0 atom stereocenters. The van der Waals surface area contributed by atoms with Gasteiger partial charge in [0.25, 0.3) is 5.56 Å². The molecule has 0 unspecified atom stereocenters. The summed E-state index contributed by atoms with van der Waals surface area (Å²) in [5.41, 5.74) is 3.25. The lowest BCUT2D eigenvalue weighted by atomic mass is 9.91. The van der Waals surface area contributed by atoms with E-state index in [-0.39, 0.29) is 10.8 Å². The Labute approximate surface area is 188 Å². The normalized spacial score (nSPS) is 22.2. The average molecular weight is 450 g/mol. The first-order chi connectivity index (χ1) is 15.4. The zero-order chi connectivity index (χ0) is 22.3. The predicted octanol–water partition coefficient (Wildman–Crippen LogP) is 4.66. The topological polar surface area (TPSA) is 81.1 Å². The lowest BCUT2D eigenvalue weighted by Crippen LogP contribution is -2.31. The number of hydrogen-bond acceptors (Lipinski definition) is 4. The zero-order valence-corrected chi connectivity index (χ0v) is 18.9. The fourth-order valence-electron chi connectivity index (χ4n) is 4.81. The molecule has 2 heterocycles. The van der Waals surface area contributed by atoms with Crippen molar-refractivity contribution in [2.45, 2.75) is 50.8 Å². The van der Waals surface area contributed by atoms with E-state index in [9.17, 15) is 13.2 Å². The summed E-state index contributed by atoms with van der Waals surface area (Å²) >= 11 is 0. The van der Waals surface area contributed by atoms with E-state index >= 15 is 0 Å². The van der Waals surface area contributed by atoms with Crippen LogP contribution in [0.2, 0.25) is 0 Å². The lowest BCUT2D eigenvalue weighted by molar-refractivity contribution is 0.383. The van der Waals surface area contributed by atoms with E-state index in [1.807, 2.05) is 42.5 Å². The van der Waals surface area contributed by atoms with Crippen LogP contribution in [0.5, 0.6) is 0 Å². The third-order valence-corrected chi connectivity index (χ3v) is 8.56. The van der Waals surface area contributed by atoms with Crippen molar-refractivity contribution in [3.8, 4) is 0 Å². The standard InChI is InChI=1S/C25H27N3O3S/c1-17-6-12-21(13-7-17)32(30,31)27-20-10-8-18(9-11-20)16-19-14-15-28-23-5-3-2-4-22(23)25(29)26-24(19)28/h2-5,8-11,16-17,21,27H,6-7,12-15H2,1H3/b19-16+. The third kappa shape index (κ3) is 3.97. The van der Waals surface area contributed by atoms with Crippen molar-refractivity contribution < 1.29 is 8.42 Å². The van der Waals surface area contributed by atoms with Crippen molar-refractivity contribution in [1.29, 1.82) is 0 Å². The number of benzene rings is 2. The van der Waals surface area contributed by atoms with Crippen LogP contribution in [-0.4, -0.2) is 23.2 Å². The molecule has 0 spiro atoms. The molecule has 7 heteroatoms.